The predicted molar refractivity (Wildman–Crippen MR) is 109 cm³/mol. The Balaban J connectivity index is 1.63. The van der Waals surface area contributed by atoms with E-state index in [0.29, 0.717) is 0 Å². The number of rotatable bonds is 4. The van der Waals surface area contributed by atoms with Crippen LogP contribution in [0.1, 0.15) is 41.0 Å². The zero-order chi connectivity index (χ0) is 17.7. The van der Waals surface area contributed by atoms with Crippen LogP contribution in [0.2, 0.25) is 5.02 Å². The number of fused-ring (bicyclic) bond motifs is 1. The molecular weight excluding hydrogens is 359 g/mol. The molecule has 0 spiro atoms. The first-order valence-electron chi connectivity index (χ1n) is 9.29. The Morgan fingerprint density at radius 1 is 0.731 bits per heavy atom. The first-order chi connectivity index (χ1) is 12.7. The Morgan fingerprint density at radius 3 is 1.73 bits per heavy atom. The third-order valence-corrected chi connectivity index (χ3v) is 7.21. The molecule has 2 saturated carbocycles. The Morgan fingerprint density at radius 2 is 1.27 bits per heavy atom. The van der Waals surface area contributed by atoms with E-state index in [0.717, 1.165) is 39.5 Å². The fraction of sp³-hybridized carbons (Fsp3) is 0.250. The van der Waals surface area contributed by atoms with Crippen LogP contribution >= 0.6 is 23.2 Å². The van der Waals surface area contributed by atoms with Gasteiger partial charge in [-0.1, -0.05) is 84.4 Å². The van der Waals surface area contributed by atoms with Crippen LogP contribution in [0.5, 0.6) is 0 Å². The number of hydrogen-bond acceptors (Lipinski definition) is 0. The normalized spacial score (nSPS) is 23.8. The van der Waals surface area contributed by atoms with Gasteiger partial charge in [0.25, 0.3) is 0 Å². The summed E-state index contributed by atoms with van der Waals surface area (Å²) in [5.74, 6) is 2.53. The summed E-state index contributed by atoms with van der Waals surface area (Å²) in [5, 5.41) is 0.761. The van der Waals surface area contributed by atoms with Crippen LogP contribution in [-0.4, -0.2) is 0 Å². The van der Waals surface area contributed by atoms with Crippen LogP contribution in [0.15, 0.2) is 78.9 Å². The molecule has 0 heterocycles. The van der Waals surface area contributed by atoms with Gasteiger partial charge < -0.3 is 0 Å². The van der Waals surface area contributed by atoms with E-state index in [2.05, 4.69) is 42.5 Å². The number of benzene rings is 3. The highest BCUT2D eigenvalue weighted by Crippen LogP contribution is 2.66. The SMILES string of the molecule is Clc1cc([C@H]2C3CC[C@H]32)ccc1C(Cl)(c1ccccc1)c1ccccc1. The number of hydrogen-bond donors (Lipinski definition) is 0. The van der Waals surface area contributed by atoms with Crippen molar-refractivity contribution < 1.29 is 0 Å². The van der Waals surface area contributed by atoms with Gasteiger partial charge in [-0.3, -0.25) is 0 Å². The molecule has 2 aliphatic rings. The summed E-state index contributed by atoms with van der Waals surface area (Å²) < 4.78 is 0. The standard InChI is InChI=1S/C24H20Cl2/c25-22-15-16(23-19-12-13-20(19)23)11-14-21(22)24(26,17-7-3-1-4-8-17)18-9-5-2-6-10-18/h1-11,14-15,19-20,23H,12-13H2/t19-,20?,23-/m1/s1. The van der Waals surface area contributed by atoms with Gasteiger partial charge in [-0.2, -0.15) is 0 Å². The molecule has 130 valence electrons. The molecular formula is C24H20Cl2. The molecule has 0 N–H and O–H groups in total. The summed E-state index contributed by atoms with van der Waals surface area (Å²) in [5.41, 5.74) is 4.41. The van der Waals surface area contributed by atoms with Crippen molar-refractivity contribution in [3.8, 4) is 0 Å². The first-order valence-corrected chi connectivity index (χ1v) is 10.0. The molecule has 2 heteroatoms. The Labute approximate surface area is 164 Å². The molecule has 2 fully saturated rings. The van der Waals surface area contributed by atoms with Crippen molar-refractivity contribution in [2.75, 3.05) is 0 Å². The van der Waals surface area contributed by atoms with Gasteiger partial charge >= 0.3 is 0 Å². The second-order valence-electron chi connectivity index (χ2n) is 7.56. The fourth-order valence-electron chi connectivity index (χ4n) is 4.68. The van der Waals surface area contributed by atoms with Gasteiger partial charge in [0.2, 0.25) is 0 Å². The maximum Gasteiger partial charge on any atom is 0.121 e. The van der Waals surface area contributed by atoms with Crippen LogP contribution in [0.4, 0.5) is 0 Å². The van der Waals surface area contributed by atoms with Crippen molar-refractivity contribution in [1.29, 1.82) is 0 Å². The lowest BCUT2D eigenvalue weighted by Crippen LogP contribution is -2.22. The molecule has 0 saturated heterocycles. The highest BCUT2D eigenvalue weighted by atomic mass is 35.5. The van der Waals surface area contributed by atoms with E-state index in [4.69, 9.17) is 23.2 Å². The van der Waals surface area contributed by atoms with Gasteiger partial charge in [-0.05, 0) is 53.4 Å². The van der Waals surface area contributed by atoms with Gasteiger partial charge in [0.05, 0.1) is 0 Å². The molecule has 2 aliphatic carbocycles. The minimum atomic E-state index is -0.791. The molecule has 26 heavy (non-hydrogen) atoms. The Kier molecular flexibility index (Phi) is 3.88. The number of halogens is 2. The Bertz CT molecular complexity index is 883. The average molecular weight is 379 g/mol. The molecule has 0 nitrogen and oxygen atoms in total. The topological polar surface area (TPSA) is 0 Å². The van der Waals surface area contributed by atoms with Crippen molar-refractivity contribution in [3.63, 3.8) is 0 Å². The molecule has 3 aromatic carbocycles. The zero-order valence-electron chi connectivity index (χ0n) is 14.4. The van der Waals surface area contributed by atoms with E-state index in [1.165, 1.54) is 18.4 Å². The van der Waals surface area contributed by atoms with Crippen molar-refractivity contribution in [2.45, 2.75) is 23.6 Å². The first kappa shape index (κ1) is 16.4. The molecule has 3 atom stereocenters. The minimum absolute atomic E-state index is 0.722. The van der Waals surface area contributed by atoms with E-state index in [1.807, 2.05) is 36.4 Å². The molecule has 3 aromatic rings. The van der Waals surface area contributed by atoms with Crippen molar-refractivity contribution in [1.82, 2.24) is 0 Å². The van der Waals surface area contributed by atoms with Gasteiger partial charge in [0.15, 0.2) is 0 Å². The quantitative estimate of drug-likeness (QED) is 0.338. The largest absolute Gasteiger partial charge is 0.121 e. The molecule has 0 amide bonds. The summed E-state index contributed by atoms with van der Waals surface area (Å²) in [7, 11) is 0. The lowest BCUT2D eigenvalue weighted by Gasteiger charge is -2.30. The third-order valence-electron chi connectivity index (χ3n) is 6.26. The number of alkyl halides is 1. The average Bonchev–Trinajstić information content (AvgIpc) is 3.22. The summed E-state index contributed by atoms with van der Waals surface area (Å²) in [4.78, 5) is -0.791. The maximum absolute atomic E-state index is 7.35. The monoisotopic (exact) mass is 378 g/mol. The van der Waals surface area contributed by atoms with E-state index >= 15 is 0 Å². The lowest BCUT2D eigenvalue weighted by molar-refractivity contribution is 0.468. The van der Waals surface area contributed by atoms with Crippen LogP contribution in [0.25, 0.3) is 0 Å². The van der Waals surface area contributed by atoms with E-state index < -0.39 is 4.87 Å². The van der Waals surface area contributed by atoms with E-state index in [1.54, 1.807) is 0 Å². The van der Waals surface area contributed by atoms with Crippen molar-refractivity contribution in [2.24, 2.45) is 11.8 Å². The molecule has 0 aromatic heterocycles. The van der Waals surface area contributed by atoms with Crippen LogP contribution in [0.3, 0.4) is 0 Å². The molecule has 1 unspecified atom stereocenters. The highest BCUT2D eigenvalue weighted by molar-refractivity contribution is 6.35. The molecule has 0 radical (unpaired) electrons. The van der Waals surface area contributed by atoms with Crippen molar-refractivity contribution in [3.05, 3.63) is 106 Å². The van der Waals surface area contributed by atoms with E-state index in [-0.39, 0.29) is 0 Å². The Hall–Kier alpha value is -1.76. The van der Waals surface area contributed by atoms with Crippen LogP contribution < -0.4 is 0 Å². The maximum atomic E-state index is 7.35. The molecule has 0 aliphatic heterocycles. The fourth-order valence-corrected chi connectivity index (χ4v) is 5.48. The van der Waals surface area contributed by atoms with Gasteiger partial charge in [-0.15, -0.1) is 11.6 Å². The predicted octanol–water partition coefficient (Wildman–Crippen LogP) is 6.99. The second kappa shape index (κ2) is 6.15. The summed E-state index contributed by atoms with van der Waals surface area (Å²) in [6, 6.07) is 27.0. The van der Waals surface area contributed by atoms with Crippen LogP contribution in [-0.2, 0) is 4.87 Å². The third kappa shape index (κ3) is 2.43. The van der Waals surface area contributed by atoms with Gasteiger partial charge in [-0.25, -0.2) is 0 Å². The van der Waals surface area contributed by atoms with Gasteiger partial charge in [0.1, 0.15) is 4.87 Å². The van der Waals surface area contributed by atoms with E-state index in [9.17, 15) is 0 Å². The lowest BCUT2D eigenvalue weighted by atomic mass is 9.83. The highest BCUT2D eigenvalue weighted by Gasteiger charge is 2.56. The summed E-state index contributed by atoms with van der Waals surface area (Å²) in [6.07, 6.45) is 2.75. The molecule has 5 rings (SSSR count). The summed E-state index contributed by atoms with van der Waals surface area (Å²) in [6.45, 7) is 0. The molecule has 0 bridgehead atoms. The zero-order valence-corrected chi connectivity index (χ0v) is 15.9. The smallest absolute Gasteiger partial charge is 0.103 e. The minimum Gasteiger partial charge on any atom is -0.103 e. The van der Waals surface area contributed by atoms with Gasteiger partial charge in [0, 0.05) is 10.6 Å². The second-order valence-corrected chi connectivity index (χ2v) is 8.53. The summed E-state index contributed by atoms with van der Waals surface area (Å²) >= 11 is 14.2. The van der Waals surface area contributed by atoms with Crippen LogP contribution in [0, 0.1) is 11.8 Å². The van der Waals surface area contributed by atoms with Crippen molar-refractivity contribution >= 4 is 23.2 Å².